The van der Waals surface area contributed by atoms with Gasteiger partial charge in [0.25, 0.3) is 5.69 Å². The van der Waals surface area contributed by atoms with E-state index in [1.54, 1.807) is 34.6 Å². The third-order valence-corrected chi connectivity index (χ3v) is 7.47. The largest absolute Gasteiger partial charge is 0.514 e. The fraction of sp³-hybridized carbons (Fsp3) is 0.421. The minimum atomic E-state index is -1.19. The van der Waals surface area contributed by atoms with Crippen LogP contribution in [0.3, 0.4) is 0 Å². The number of non-ortho nitro benzene ring substituents is 1. The number of carbonyl (C=O) groups is 6. The van der Waals surface area contributed by atoms with Crippen LogP contribution in [0.4, 0.5) is 30.6 Å². The number of hydrogen-bond donors (Lipinski definition) is 5. The maximum atomic E-state index is 13.8. The lowest BCUT2D eigenvalue weighted by atomic mass is 10.0. The SMILES string of the molecule is C#CCOC(=O)N(CC#C)Cc1cc(NC(=O)C(CCCNC(N)=O)NC(=O)[C@@H](NC(=O)OC(C)(C)C)C(C)C)ccc1COC(=O)Oc1ccc([N+](=O)[O-])cc1. The Morgan fingerprint density at radius 1 is 0.947 bits per heavy atom. The number of urea groups is 1. The van der Waals surface area contributed by atoms with Crippen LogP contribution < -0.4 is 31.7 Å². The van der Waals surface area contributed by atoms with Gasteiger partial charge < -0.3 is 45.9 Å². The molecule has 2 aromatic rings. The maximum absolute atomic E-state index is 13.8. The summed E-state index contributed by atoms with van der Waals surface area (Å²) in [5, 5.41) is 21.3. The molecule has 19 nitrogen and oxygen atoms in total. The van der Waals surface area contributed by atoms with Crippen LogP contribution in [0.2, 0.25) is 0 Å². The van der Waals surface area contributed by atoms with Crippen molar-refractivity contribution in [2.75, 3.05) is 25.0 Å². The molecule has 0 aromatic heterocycles. The number of nitro groups is 1. The van der Waals surface area contributed by atoms with Gasteiger partial charge in [0.2, 0.25) is 11.8 Å². The Kier molecular flexibility index (Phi) is 18.1. The summed E-state index contributed by atoms with van der Waals surface area (Å²) in [4.78, 5) is 87.8. The molecule has 2 aromatic carbocycles. The highest BCUT2D eigenvalue weighted by Gasteiger charge is 2.30. The van der Waals surface area contributed by atoms with Crippen molar-refractivity contribution in [3.8, 4) is 30.4 Å². The first kappa shape index (κ1) is 46.1. The third-order valence-electron chi connectivity index (χ3n) is 7.47. The summed E-state index contributed by atoms with van der Waals surface area (Å²) in [6, 6.07) is 6.10. The van der Waals surface area contributed by atoms with Crippen LogP contribution in [-0.4, -0.2) is 83.4 Å². The number of benzene rings is 2. The molecule has 0 radical (unpaired) electrons. The number of ether oxygens (including phenoxy) is 4. The number of nitrogens with one attached hydrogen (secondary N) is 4. The van der Waals surface area contributed by atoms with Gasteiger partial charge in [-0.05, 0) is 74.9 Å². The molecule has 6 amide bonds. The molecule has 6 N–H and O–H groups in total. The van der Waals surface area contributed by atoms with E-state index in [0.29, 0.717) is 11.1 Å². The quantitative estimate of drug-likeness (QED) is 0.0274. The summed E-state index contributed by atoms with van der Waals surface area (Å²) in [6.07, 6.45) is 8.14. The number of carbonyl (C=O) groups excluding carboxylic acids is 6. The van der Waals surface area contributed by atoms with E-state index in [9.17, 15) is 38.9 Å². The normalized spacial score (nSPS) is 11.6. The molecule has 0 aliphatic heterocycles. The molecule has 57 heavy (non-hydrogen) atoms. The van der Waals surface area contributed by atoms with Gasteiger partial charge >= 0.3 is 24.4 Å². The number of alkyl carbamates (subject to hydrolysis) is 1. The summed E-state index contributed by atoms with van der Waals surface area (Å²) >= 11 is 0. The minimum absolute atomic E-state index is 0.0206. The lowest BCUT2D eigenvalue weighted by molar-refractivity contribution is -0.384. The van der Waals surface area contributed by atoms with Crippen LogP contribution in [0.1, 0.15) is 58.6 Å². The van der Waals surface area contributed by atoms with Crippen molar-refractivity contribution in [2.24, 2.45) is 11.7 Å². The summed E-state index contributed by atoms with van der Waals surface area (Å²) in [5.74, 6) is 2.74. The molecule has 2 atom stereocenters. The van der Waals surface area contributed by atoms with E-state index in [-0.39, 0.29) is 56.2 Å². The maximum Gasteiger partial charge on any atom is 0.514 e. The molecule has 0 saturated carbocycles. The molecular weight excluding hydrogens is 746 g/mol. The fourth-order valence-corrected chi connectivity index (χ4v) is 4.83. The molecule has 0 fully saturated rings. The lowest BCUT2D eigenvalue weighted by Gasteiger charge is -2.27. The first-order chi connectivity index (χ1) is 26.8. The fourth-order valence-electron chi connectivity index (χ4n) is 4.83. The zero-order chi connectivity index (χ0) is 42.7. The van der Waals surface area contributed by atoms with Gasteiger partial charge in [-0.3, -0.25) is 24.6 Å². The second-order valence-corrected chi connectivity index (χ2v) is 13.5. The van der Waals surface area contributed by atoms with Crippen molar-refractivity contribution < 1.29 is 52.6 Å². The van der Waals surface area contributed by atoms with Crippen LogP contribution >= 0.6 is 0 Å². The van der Waals surface area contributed by atoms with Gasteiger partial charge in [-0.15, -0.1) is 12.8 Å². The molecule has 306 valence electrons. The van der Waals surface area contributed by atoms with Crippen LogP contribution in [-0.2, 0) is 37.0 Å². The average molecular weight is 794 g/mol. The molecule has 0 aliphatic carbocycles. The summed E-state index contributed by atoms with van der Waals surface area (Å²) in [6.45, 7) is 7.31. The van der Waals surface area contributed by atoms with Crippen LogP contribution in [0.25, 0.3) is 0 Å². The van der Waals surface area contributed by atoms with Crippen molar-refractivity contribution >= 4 is 47.6 Å². The van der Waals surface area contributed by atoms with Crippen molar-refractivity contribution in [1.29, 1.82) is 0 Å². The number of nitrogens with two attached hydrogens (primary N) is 1. The summed E-state index contributed by atoms with van der Waals surface area (Å²) < 4.78 is 20.7. The number of rotatable bonds is 18. The molecule has 0 aliphatic rings. The van der Waals surface area contributed by atoms with E-state index in [0.717, 1.165) is 17.0 Å². The van der Waals surface area contributed by atoms with Gasteiger partial charge in [-0.1, -0.05) is 31.8 Å². The predicted octanol–water partition coefficient (Wildman–Crippen LogP) is 3.94. The van der Waals surface area contributed by atoms with Crippen LogP contribution in [0.5, 0.6) is 5.75 Å². The van der Waals surface area contributed by atoms with Crippen molar-refractivity contribution in [3.63, 3.8) is 0 Å². The van der Waals surface area contributed by atoms with E-state index < -0.39 is 71.3 Å². The number of anilines is 1. The van der Waals surface area contributed by atoms with Gasteiger partial charge in [0.05, 0.1) is 18.0 Å². The number of primary amides is 1. The third kappa shape index (κ3) is 16.9. The number of amides is 6. The molecule has 0 heterocycles. The van der Waals surface area contributed by atoms with Gasteiger partial charge in [0, 0.05) is 24.4 Å². The summed E-state index contributed by atoms with van der Waals surface area (Å²) in [5.41, 5.74) is 4.98. The minimum Gasteiger partial charge on any atom is -0.444 e. The summed E-state index contributed by atoms with van der Waals surface area (Å²) in [7, 11) is 0. The number of nitro benzene ring substituents is 1. The second kappa shape index (κ2) is 22.4. The first-order valence-corrected chi connectivity index (χ1v) is 17.5. The van der Waals surface area contributed by atoms with Crippen LogP contribution in [0, 0.1) is 40.7 Å². The predicted molar refractivity (Wildman–Crippen MR) is 205 cm³/mol. The van der Waals surface area contributed by atoms with Gasteiger partial charge in [0.1, 0.15) is 30.0 Å². The highest BCUT2D eigenvalue weighted by atomic mass is 16.7. The molecule has 0 bridgehead atoms. The highest BCUT2D eigenvalue weighted by molar-refractivity contribution is 5.98. The van der Waals surface area contributed by atoms with Crippen LogP contribution in [0.15, 0.2) is 42.5 Å². The Morgan fingerprint density at radius 2 is 1.63 bits per heavy atom. The standard InChI is InChI=1S/C38H47N7O12/c1-8-19-44(36(50)54-20-9-2)22-26-21-27(13-12-25(26)23-55-37(51)56-29-16-14-28(15-17-29)45(52)53)41-32(46)30(11-10-18-40-34(39)48)42-33(47)31(24(3)4)43-35(49)57-38(5,6)7/h1-2,12-17,21,24,30-31H,10-11,18-20,22-23H2,3-7H3,(H,41,46)(H,42,47)(H,43,49)(H3,39,40,48)/t30?,31-/m0/s1. The van der Waals surface area contributed by atoms with E-state index in [4.69, 9.17) is 37.5 Å². The smallest absolute Gasteiger partial charge is 0.444 e. The average Bonchev–Trinajstić information content (AvgIpc) is 3.12. The topological polar surface area (TPSA) is 260 Å². The molecule has 1 unspecified atom stereocenters. The zero-order valence-electron chi connectivity index (χ0n) is 32.2. The van der Waals surface area contributed by atoms with E-state index in [1.807, 2.05) is 0 Å². The Labute approximate surface area is 329 Å². The highest BCUT2D eigenvalue weighted by Crippen LogP contribution is 2.22. The molecule has 0 spiro atoms. The van der Waals surface area contributed by atoms with Gasteiger partial charge in [-0.25, -0.2) is 19.2 Å². The number of hydrogen-bond acceptors (Lipinski definition) is 12. The van der Waals surface area contributed by atoms with E-state index in [2.05, 4.69) is 33.1 Å². The molecule has 2 rings (SSSR count). The Morgan fingerprint density at radius 3 is 2.21 bits per heavy atom. The molecular formula is C38H47N7O12. The molecule has 19 heteroatoms. The van der Waals surface area contributed by atoms with Crippen molar-refractivity contribution in [1.82, 2.24) is 20.9 Å². The Hall–Kier alpha value is -7.02. The number of nitrogens with zero attached hydrogens (tertiary/aromatic N) is 2. The zero-order valence-corrected chi connectivity index (χ0v) is 32.2. The van der Waals surface area contributed by atoms with Gasteiger partial charge in [-0.2, -0.15) is 0 Å². The first-order valence-electron chi connectivity index (χ1n) is 17.5. The van der Waals surface area contributed by atoms with Crippen molar-refractivity contribution in [2.45, 2.75) is 78.3 Å². The molecule has 0 saturated heterocycles. The van der Waals surface area contributed by atoms with E-state index in [1.165, 1.54) is 30.3 Å². The van der Waals surface area contributed by atoms with Gasteiger partial charge in [0.15, 0.2) is 6.61 Å². The monoisotopic (exact) mass is 793 g/mol. The van der Waals surface area contributed by atoms with E-state index >= 15 is 0 Å². The Balaban J connectivity index is 2.39. The lowest BCUT2D eigenvalue weighted by Crippen LogP contribution is -2.55. The second-order valence-electron chi connectivity index (χ2n) is 13.5. The number of terminal acetylenes is 2. The van der Waals surface area contributed by atoms with Crippen molar-refractivity contribution in [3.05, 3.63) is 63.7 Å². The Bertz CT molecular complexity index is 1850.